The van der Waals surface area contributed by atoms with Gasteiger partial charge in [-0.05, 0) is 48.7 Å². The highest BCUT2D eigenvalue weighted by Crippen LogP contribution is 2.30. The molecule has 0 spiro atoms. The molecule has 0 aliphatic carbocycles. The molecule has 0 N–H and O–H groups in total. The van der Waals surface area contributed by atoms with E-state index < -0.39 is 26.0 Å². The number of hydrogen-bond acceptors (Lipinski definition) is 4. The van der Waals surface area contributed by atoms with Gasteiger partial charge in [-0.3, -0.25) is 4.79 Å². The molecule has 0 unspecified atom stereocenters. The molecule has 4 aromatic rings. The van der Waals surface area contributed by atoms with Crippen molar-refractivity contribution in [1.29, 1.82) is 0 Å². The van der Waals surface area contributed by atoms with Gasteiger partial charge in [0.25, 0.3) is 0 Å². The topological polar surface area (TPSA) is 59.4 Å². The number of benzene rings is 3. The second-order valence-electron chi connectivity index (χ2n) is 8.41. The third-order valence-corrected chi connectivity index (χ3v) is 8.13. The van der Waals surface area contributed by atoms with E-state index in [1.807, 2.05) is 35.2 Å². The van der Waals surface area contributed by atoms with Gasteiger partial charge in [-0.15, -0.1) is 0 Å². The third kappa shape index (κ3) is 4.10. The van der Waals surface area contributed by atoms with Crippen molar-refractivity contribution in [2.45, 2.75) is 29.2 Å². The second-order valence-corrected chi connectivity index (χ2v) is 10.8. The van der Waals surface area contributed by atoms with Gasteiger partial charge < -0.3 is 9.47 Å². The molecular weight excluding hydrogens is 475 g/mol. The van der Waals surface area contributed by atoms with Crippen molar-refractivity contribution in [2.75, 3.05) is 18.0 Å². The number of rotatable bonds is 5. The van der Waals surface area contributed by atoms with Gasteiger partial charge in [0.05, 0.1) is 21.5 Å². The molecule has 34 heavy (non-hydrogen) atoms. The minimum atomic E-state index is -4.19. The minimum absolute atomic E-state index is 0.0273. The number of fused-ring (bicyclic) bond motifs is 1. The minimum Gasteiger partial charge on any atom is -0.369 e. The predicted molar refractivity (Wildman–Crippen MR) is 132 cm³/mol. The van der Waals surface area contributed by atoms with E-state index in [1.54, 1.807) is 16.7 Å². The molecule has 1 fully saturated rings. The Balaban J connectivity index is 1.77. The van der Waals surface area contributed by atoms with Gasteiger partial charge >= 0.3 is 0 Å². The summed E-state index contributed by atoms with van der Waals surface area (Å²) in [7, 11) is -4.19. The maximum atomic E-state index is 15.2. The van der Waals surface area contributed by atoms with Crippen LogP contribution < -0.4 is 10.3 Å². The van der Waals surface area contributed by atoms with Crippen molar-refractivity contribution in [3.05, 3.63) is 99.6 Å². The van der Waals surface area contributed by atoms with Gasteiger partial charge in [0, 0.05) is 30.9 Å². The second kappa shape index (κ2) is 8.89. The quantitative estimate of drug-likeness (QED) is 0.377. The van der Waals surface area contributed by atoms with Crippen molar-refractivity contribution in [3.8, 4) is 0 Å². The summed E-state index contributed by atoms with van der Waals surface area (Å²) in [5.74, 6) is -0.532. The van der Waals surface area contributed by atoms with Crippen LogP contribution >= 0.6 is 11.6 Å². The summed E-state index contributed by atoms with van der Waals surface area (Å²) in [6.07, 6.45) is 3.32. The van der Waals surface area contributed by atoms with Crippen LogP contribution in [-0.4, -0.2) is 26.1 Å². The highest BCUT2D eigenvalue weighted by atomic mass is 35.5. The van der Waals surface area contributed by atoms with E-state index in [9.17, 15) is 13.2 Å². The first-order valence-corrected chi connectivity index (χ1v) is 12.9. The molecule has 0 radical (unpaired) electrons. The Labute approximate surface area is 201 Å². The standard InChI is InChI=1S/C26H22ClFN2O3S/c27-19-9-6-10-20(13-19)34(32,33)25-17-30(16-18-7-2-1-3-8-18)23-15-24(29-11-4-5-12-29)22(28)14-21(23)26(25)31/h1-3,6-10,13-15,17H,4-5,11-12,16H2. The summed E-state index contributed by atoms with van der Waals surface area (Å²) in [6.45, 7) is 1.81. The van der Waals surface area contributed by atoms with Crippen LogP contribution in [0.2, 0.25) is 5.02 Å². The van der Waals surface area contributed by atoms with Crippen molar-refractivity contribution >= 4 is 38.0 Å². The molecule has 5 rings (SSSR count). The van der Waals surface area contributed by atoms with E-state index in [0.717, 1.165) is 31.5 Å². The highest BCUT2D eigenvalue weighted by Gasteiger charge is 2.26. The molecule has 0 saturated carbocycles. The molecular formula is C26H22ClFN2O3S. The van der Waals surface area contributed by atoms with Crippen LogP contribution in [0.25, 0.3) is 10.9 Å². The molecule has 8 heteroatoms. The third-order valence-electron chi connectivity index (χ3n) is 6.15. The first-order chi connectivity index (χ1) is 16.3. The maximum absolute atomic E-state index is 15.2. The van der Waals surface area contributed by atoms with Crippen LogP contribution in [0.1, 0.15) is 18.4 Å². The van der Waals surface area contributed by atoms with Crippen LogP contribution in [0.4, 0.5) is 10.1 Å². The number of halogens is 2. The van der Waals surface area contributed by atoms with Crippen LogP contribution in [-0.2, 0) is 16.4 Å². The zero-order valence-electron chi connectivity index (χ0n) is 18.2. The Morgan fingerprint density at radius 2 is 1.68 bits per heavy atom. The van der Waals surface area contributed by atoms with E-state index in [1.165, 1.54) is 30.5 Å². The van der Waals surface area contributed by atoms with Gasteiger partial charge in [0.15, 0.2) is 0 Å². The summed E-state index contributed by atoms with van der Waals surface area (Å²) in [5, 5.41) is 0.271. The molecule has 0 bridgehead atoms. The van der Waals surface area contributed by atoms with E-state index in [2.05, 4.69) is 0 Å². The van der Waals surface area contributed by atoms with Crippen molar-refractivity contribution in [3.63, 3.8) is 0 Å². The lowest BCUT2D eigenvalue weighted by Crippen LogP contribution is -2.22. The monoisotopic (exact) mass is 496 g/mol. The lowest BCUT2D eigenvalue weighted by Gasteiger charge is -2.21. The molecule has 0 amide bonds. The normalized spacial score (nSPS) is 14.1. The van der Waals surface area contributed by atoms with Crippen LogP contribution in [0.5, 0.6) is 0 Å². The molecule has 0 atom stereocenters. The van der Waals surface area contributed by atoms with Crippen molar-refractivity contribution in [1.82, 2.24) is 4.57 Å². The number of hydrogen-bond donors (Lipinski definition) is 0. The fourth-order valence-electron chi connectivity index (χ4n) is 4.44. The summed E-state index contributed by atoms with van der Waals surface area (Å²) in [6, 6.07) is 18.1. The van der Waals surface area contributed by atoms with Crippen LogP contribution in [0, 0.1) is 5.82 Å². The average molecular weight is 497 g/mol. The van der Waals surface area contributed by atoms with Gasteiger partial charge in [0.2, 0.25) is 15.3 Å². The summed E-state index contributed by atoms with van der Waals surface area (Å²) in [5.41, 5.74) is 1.11. The van der Waals surface area contributed by atoms with Crippen LogP contribution in [0.3, 0.4) is 0 Å². The number of aromatic nitrogens is 1. The molecule has 5 nitrogen and oxygen atoms in total. The first kappa shape index (κ1) is 22.6. The molecule has 1 saturated heterocycles. The van der Waals surface area contributed by atoms with Gasteiger partial charge in [-0.25, -0.2) is 12.8 Å². The van der Waals surface area contributed by atoms with E-state index in [4.69, 9.17) is 11.6 Å². The van der Waals surface area contributed by atoms with Gasteiger partial charge in [-0.1, -0.05) is 48.0 Å². The molecule has 174 valence electrons. The predicted octanol–water partition coefficient (Wildman–Crippen LogP) is 5.28. The zero-order valence-corrected chi connectivity index (χ0v) is 19.8. The van der Waals surface area contributed by atoms with Crippen LogP contribution in [0.15, 0.2) is 87.5 Å². The molecule has 3 aromatic carbocycles. The first-order valence-electron chi connectivity index (χ1n) is 11.0. The Bertz CT molecular complexity index is 1550. The highest BCUT2D eigenvalue weighted by molar-refractivity contribution is 7.91. The maximum Gasteiger partial charge on any atom is 0.211 e. The van der Waals surface area contributed by atoms with Crippen molar-refractivity contribution in [2.24, 2.45) is 0 Å². The summed E-state index contributed by atoms with van der Waals surface area (Å²) < 4.78 is 43.8. The fraction of sp³-hybridized carbons (Fsp3) is 0.192. The Kier molecular flexibility index (Phi) is 5.91. The molecule has 1 aliphatic rings. The molecule has 1 aliphatic heterocycles. The SMILES string of the molecule is O=c1c(S(=O)(=O)c2cccc(Cl)c2)cn(Cc2ccccc2)c2cc(N3CCCC3)c(F)cc12. The van der Waals surface area contributed by atoms with E-state index in [-0.39, 0.29) is 15.3 Å². The van der Waals surface area contributed by atoms with Gasteiger partial charge in [0.1, 0.15) is 10.7 Å². The Hall–Kier alpha value is -3.16. The molecule has 1 aromatic heterocycles. The van der Waals surface area contributed by atoms with Gasteiger partial charge in [-0.2, -0.15) is 0 Å². The zero-order chi connectivity index (χ0) is 23.9. The average Bonchev–Trinajstić information content (AvgIpc) is 3.36. The Morgan fingerprint density at radius 1 is 0.941 bits per heavy atom. The number of anilines is 1. The lowest BCUT2D eigenvalue weighted by atomic mass is 10.1. The fourth-order valence-corrected chi connectivity index (χ4v) is 6.11. The molecule has 2 heterocycles. The Morgan fingerprint density at radius 3 is 2.38 bits per heavy atom. The number of pyridine rings is 1. The lowest BCUT2D eigenvalue weighted by molar-refractivity contribution is 0.593. The van der Waals surface area contributed by atoms with Crippen molar-refractivity contribution < 1.29 is 12.8 Å². The largest absolute Gasteiger partial charge is 0.369 e. The van der Waals surface area contributed by atoms with E-state index >= 15 is 4.39 Å². The summed E-state index contributed by atoms with van der Waals surface area (Å²) in [4.78, 5) is 14.9. The summed E-state index contributed by atoms with van der Waals surface area (Å²) >= 11 is 6.01. The smallest absolute Gasteiger partial charge is 0.211 e. The number of sulfone groups is 1. The number of nitrogens with zero attached hydrogens (tertiary/aromatic N) is 2. The van der Waals surface area contributed by atoms with E-state index in [0.29, 0.717) is 17.7 Å².